The minimum absolute atomic E-state index is 0.00985. The number of methoxy groups -OCH3 is 1. The van der Waals surface area contributed by atoms with E-state index in [0.29, 0.717) is 37.2 Å². The third-order valence-electron chi connectivity index (χ3n) is 6.74. The van der Waals surface area contributed by atoms with Crippen molar-refractivity contribution in [1.29, 1.82) is 0 Å². The molecule has 10 heteroatoms. The highest BCUT2D eigenvalue weighted by atomic mass is 19.1. The summed E-state index contributed by atoms with van der Waals surface area (Å²) in [6, 6.07) is 9.73. The number of hydrogen-bond acceptors (Lipinski definition) is 5. The molecule has 0 spiro atoms. The van der Waals surface area contributed by atoms with Gasteiger partial charge in [0.25, 0.3) is 11.8 Å². The number of hydrogen-bond donors (Lipinski definition) is 1. The topological polar surface area (TPSA) is 111 Å². The molecular formula is C26H26FN5O4. The molecule has 1 fully saturated rings. The van der Waals surface area contributed by atoms with E-state index in [1.165, 1.54) is 23.9 Å². The summed E-state index contributed by atoms with van der Waals surface area (Å²) in [7, 11) is 1.36. The highest BCUT2D eigenvalue weighted by Crippen LogP contribution is 2.33. The molecule has 2 N–H and O–H groups in total. The lowest BCUT2D eigenvalue weighted by molar-refractivity contribution is -0.119. The summed E-state index contributed by atoms with van der Waals surface area (Å²) in [6.45, 7) is 2.91. The van der Waals surface area contributed by atoms with E-state index in [1.807, 2.05) is 25.1 Å². The van der Waals surface area contributed by atoms with Crippen LogP contribution < -0.4 is 20.3 Å². The van der Waals surface area contributed by atoms with Crippen molar-refractivity contribution < 1.29 is 23.5 Å². The van der Waals surface area contributed by atoms with Gasteiger partial charge < -0.3 is 20.3 Å². The highest BCUT2D eigenvalue weighted by Gasteiger charge is 2.35. The fourth-order valence-electron chi connectivity index (χ4n) is 4.95. The maximum Gasteiger partial charge on any atom is 0.277 e. The van der Waals surface area contributed by atoms with Crippen LogP contribution in [0.15, 0.2) is 36.4 Å². The van der Waals surface area contributed by atoms with Crippen molar-refractivity contribution in [2.24, 2.45) is 5.73 Å². The molecule has 0 atom stereocenters. The Bertz CT molecular complexity index is 1400. The van der Waals surface area contributed by atoms with Gasteiger partial charge >= 0.3 is 0 Å². The number of carbonyl (C=O) groups excluding carboxylic acids is 3. The fourth-order valence-corrected chi connectivity index (χ4v) is 4.95. The maximum atomic E-state index is 14.5. The van der Waals surface area contributed by atoms with Gasteiger partial charge in [-0.05, 0) is 62.1 Å². The van der Waals surface area contributed by atoms with Crippen molar-refractivity contribution in [2.45, 2.75) is 32.6 Å². The van der Waals surface area contributed by atoms with Crippen LogP contribution >= 0.6 is 0 Å². The summed E-state index contributed by atoms with van der Waals surface area (Å²) >= 11 is 0. The van der Waals surface area contributed by atoms with Crippen LogP contribution in [0, 0.1) is 12.7 Å². The number of amides is 3. The minimum atomic E-state index is -0.758. The van der Waals surface area contributed by atoms with Gasteiger partial charge in [-0.2, -0.15) is 5.10 Å². The van der Waals surface area contributed by atoms with E-state index in [0.717, 1.165) is 24.1 Å². The van der Waals surface area contributed by atoms with Crippen LogP contribution in [-0.2, 0) is 11.2 Å². The number of fused-ring (bicyclic) bond motifs is 1. The molecule has 186 valence electrons. The van der Waals surface area contributed by atoms with Crippen molar-refractivity contribution in [2.75, 3.05) is 30.0 Å². The Balaban J connectivity index is 1.54. The zero-order valence-corrected chi connectivity index (χ0v) is 20.1. The molecule has 3 amide bonds. The quantitative estimate of drug-likeness (QED) is 0.590. The lowest BCUT2D eigenvalue weighted by atomic mass is 10.0. The van der Waals surface area contributed by atoms with Gasteiger partial charge in [0.05, 0.1) is 12.8 Å². The van der Waals surface area contributed by atoms with Gasteiger partial charge in [-0.25, -0.2) is 9.07 Å². The molecule has 0 bridgehead atoms. The predicted molar refractivity (Wildman–Crippen MR) is 131 cm³/mol. The molecule has 0 unspecified atom stereocenters. The Morgan fingerprint density at radius 3 is 2.47 bits per heavy atom. The van der Waals surface area contributed by atoms with Crippen LogP contribution in [0.1, 0.15) is 51.4 Å². The van der Waals surface area contributed by atoms with Crippen molar-refractivity contribution >= 4 is 29.1 Å². The molecular weight excluding hydrogens is 465 g/mol. The zero-order chi connectivity index (χ0) is 25.6. The molecule has 2 aliphatic heterocycles. The second-order valence-electron chi connectivity index (χ2n) is 8.95. The first kappa shape index (κ1) is 23.5. The van der Waals surface area contributed by atoms with Crippen molar-refractivity contribution in [3.05, 3.63) is 64.7 Å². The number of nitrogens with zero attached hydrogens (tertiary/aromatic N) is 4. The molecule has 1 saturated heterocycles. The first-order chi connectivity index (χ1) is 17.3. The minimum Gasteiger partial charge on any atom is -0.494 e. The second-order valence-corrected chi connectivity index (χ2v) is 8.95. The van der Waals surface area contributed by atoms with Gasteiger partial charge in [0.15, 0.2) is 17.3 Å². The molecule has 1 aromatic heterocycles. The summed E-state index contributed by atoms with van der Waals surface area (Å²) in [5, 5.41) is 4.28. The van der Waals surface area contributed by atoms with Crippen LogP contribution in [0.4, 0.5) is 15.8 Å². The van der Waals surface area contributed by atoms with Crippen LogP contribution in [0.25, 0.3) is 5.69 Å². The molecule has 2 aromatic carbocycles. The molecule has 0 radical (unpaired) electrons. The summed E-state index contributed by atoms with van der Waals surface area (Å²) in [5.74, 6) is -1.62. The number of halogens is 1. The van der Waals surface area contributed by atoms with E-state index < -0.39 is 11.7 Å². The molecule has 36 heavy (non-hydrogen) atoms. The standard InChI is InChI=1S/C26H26FN5O4/c1-15-13-16(6-8-20(15)31-11-4-3-5-22(31)33)30-12-10-18-23(25(28)34)29-32(24(18)26(30)35)17-7-9-21(36-2)19(27)14-17/h6-9,13-14H,3-5,10-12H2,1-2H3,(H2,28,34). The van der Waals surface area contributed by atoms with Crippen molar-refractivity contribution in [1.82, 2.24) is 9.78 Å². The summed E-state index contributed by atoms with van der Waals surface area (Å²) in [4.78, 5) is 41.6. The van der Waals surface area contributed by atoms with Gasteiger partial charge in [-0.1, -0.05) is 0 Å². The third-order valence-corrected chi connectivity index (χ3v) is 6.74. The lowest BCUT2D eigenvalue weighted by Gasteiger charge is -2.31. The first-order valence-electron chi connectivity index (χ1n) is 11.8. The Morgan fingerprint density at radius 2 is 1.81 bits per heavy atom. The summed E-state index contributed by atoms with van der Waals surface area (Å²) in [6.07, 6.45) is 2.74. The molecule has 3 heterocycles. The van der Waals surface area contributed by atoms with E-state index in [9.17, 15) is 18.8 Å². The van der Waals surface area contributed by atoms with Crippen LogP contribution in [-0.4, -0.2) is 47.7 Å². The SMILES string of the molecule is COc1ccc(-n2nc(C(N)=O)c3c2C(=O)N(c2ccc(N4CCCCC4=O)c(C)c2)CC3)cc1F. The molecule has 0 aliphatic carbocycles. The van der Waals surface area contributed by atoms with Crippen LogP contribution in [0.3, 0.4) is 0 Å². The number of anilines is 2. The van der Waals surface area contributed by atoms with E-state index in [1.54, 1.807) is 15.9 Å². The van der Waals surface area contributed by atoms with Crippen molar-refractivity contribution in [3.63, 3.8) is 0 Å². The Kier molecular flexibility index (Phi) is 5.95. The number of primary amides is 1. The largest absolute Gasteiger partial charge is 0.494 e. The Labute approximate surface area is 207 Å². The number of ether oxygens (including phenoxy) is 1. The monoisotopic (exact) mass is 491 g/mol. The van der Waals surface area contributed by atoms with Gasteiger partial charge in [-0.3, -0.25) is 14.4 Å². The van der Waals surface area contributed by atoms with E-state index in [2.05, 4.69) is 5.10 Å². The number of nitrogens with two attached hydrogens (primary N) is 1. The summed E-state index contributed by atoms with van der Waals surface area (Å²) in [5.41, 5.74) is 8.78. The van der Waals surface area contributed by atoms with Gasteiger partial charge in [0.1, 0.15) is 5.69 Å². The Morgan fingerprint density at radius 1 is 1.03 bits per heavy atom. The van der Waals surface area contributed by atoms with E-state index in [4.69, 9.17) is 10.5 Å². The number of piperidine rings is 1. The lowest BCUT2D eigenvalue weighted by Crippen LogP contribution is -2.39. The predicted octanol–water partition coefficient (Wildman–Crippen LogP) is 3.15. The summed E-state index contributed by atoms with van der Waals surface area (Å²) < 4.78 is 20.7. The molecule has 2 aliphatic rings. The number of benzene rings is 2. The number of aromatic nitrogens is 2. The first-order valence-corrected chi connectivity index (χ1v) is 11.8. The fraction of sp³-hybridized carbons (Fsp3) is 0.308. The van der Waals surface area contributed by atoms with Crippen molar-refractivity contribution in [3.8, 4) is 11.4 Å². The number of aryl methyl sites for hydroxylation is 1. The molecule has 5 rings (SSSR count). The van der Waals surface area contributed by atoms with E-state index in [-0.39, 0.29) is 34.6 Å². The zero-order valence-electron chi connectivity index (χ0n) is 20.1. The third kappa shape index (κ3) is 3.88. The normalized spacial score (nSPS) is 15.8. The molecule has 0 saturated carbocycles. The van der Waals surface area contributed by atoms with Gasteiger partial charge in [0.2, 0.25) is 5.91 Å². The highest BCUT2D eigenvalue weighted by molar-refractivity contribution is 6.09. The number of rotatable bonds is 5. The van der Waals surface area contributed by atoms with Gasteiger partial charge in [-0.15, -0.1) is 0 Å². The molecule has 9 nitrogen and oxygen atoms in total. The Hall–Kier alpha value is -4.21. The number of carbonyl (C=O) groups is 3. The maximum absolute atomic E-state index is 14.5. The molecule has 3 aromatic rings. The van der Waals surface area contributed by atoms with Crippen LogP contribution in [0.2, 0.25) is 0 Å². The average molecular weight is 492 g/mol. The van der Waals surface area contributed by atoms with E-state index >= 15 is 0 Å². The van der Waals surface area contributed by atoms with Gasteiger partial charge in [0, 0.05) is 42.5 Å². The van der Waals surface area contributed by atoms with Crippen LogP contribution in [0.5, 0.6) is 5.75 Å². The smallest absolute Gasteiger partial charge is 0.277 e. The second kappa shape index (κ2) is 9.10. The average Bonchev–Trinajstić information content (AvgIpc) is 3.26.